The number of benzene rings is 1. The first-order valence-electron chi connectivity index (χ1n) is 9.50. The number of carbonyl (C=O) groups excluding carboxylic acids is 1. The summed E-state index contributed by atoms with van der Waals surface area (Å²) in [4.78, 5) is 23.5. The van der Waals surface area contributed by atoms with Gasteiger partial charge in [0.1, 0.15) is 35.7 Å². The summed E-state index contributed by atoms with van der Waals surface area (Å²) in [5.41, 5.74) is -0.109. The highest BCUT2D eigenvalue weighted by atomic mass is 79.9. The van der Waals surface area contributed by atoms with Crippen molar-refractivity contribution in [3.63, 3.8) is 0 Å². The first-order valence-corrected chi connectivity index (χ1v) is 11.8. The van der Waals surface area contributed by atoms with Crippen molar-refractivity contribution >= 4 is 37.8 Å². The fraction of sp³-hybridized carbons (Fsp3) is 0.368. The van der Waals surface area contributed by atoms with Gasteiger partial charge in [0, 0.05) is 22.6 Å². The van der Waals surface area contributed by atoms with Crippen molar-refractivity contribution in [3.05, 3.63) is 51.7 Å². The second kappa shape index (κ2) is 9.89. The largest absolute Gasteiger partial charge is 0.478 e. The van der Waals surface area contributed by atoms with Crippen LogP contribution in [-0.2, 0) is 14.8 Å². The van der Waals surface area contributed by atoms with Crippen molar-refractivity contribution in [2.45, 2.75) is 42.7 Å². The van der Waals surface area contributed by atoms with Crippen molar-refractivity contribution in [1.82, 2.24) is 10.0 Å². The van der Waals surface area contributed by atoms with Gasteiger partial charge in [-0.25, -0.2) is 17.9 Å². The van der Waals surface area contributed by atoms with Crippen LogP contribution < -0.4 is 10.0 Å². The van der Waals surface area contributed by atoms with E-state index in [0.29, 0.717) is 4.47 Å². The fourth-order valence-corrected chi connectivity index (χ4v) is 4.63. The van der Waals surface area contributed by atoms with Gasteiger partial charge in [0.15, 0.2) is 6.29 Å². The Morgan fingerprint density at radius 1 is 1.15 bits per heavy atom. The zero-order valence-electron chi connectivity index (χ0n) is 17.0. The number of aliphatic hydroxyl groups excluding tert-OH is 3. The van der Waals surface area contributed by atoms with Gasteiger partial charge in [-0.1, -0.05) is 22.0 Å². The molecule has 12 nitrogen and oxygen atoms in total. The summed E-state index contributed by atoms with van der Waals surface area (Å²) >= 11 is 3.22. The molecule has 14 heteroatoms. The quantitative estimate of drug-likeness (QED) is 0.264. The van der Waals surface area contributed by atoms with Crippen LogP contribution in [0.5, 0.6) is 0 Å². The molecule has 2 heterocycles. The van der Waals surface area contributed by atoms with Crippen molar-refractivity contribution in [2.24, 2.45) is 0 Å². The number of rotatable bonds is 7. The lowest BCUT2D eigenvalue weighted by molar-refractivity contribution is -0.243. The third-order valence-electron chi connectivity index (χ3n) is 4.97. The first-order chi connectivity index (χ1) is 15.4. The van der Waals surface area contributed by atoms with Crippen molar-refractivity contribution in [1.29, 1.82) is 0 Å². The second-order valence-corrected chi connectivity index (χ2v) is 9.86. The second-order valence-electron chi connectivity index (χ2n) is 7.25. The van der Waals surface area contributed by atoms with E-state index in [1.807, 2.05) is 0 Å². The summed E-state index contributed by atoms with van der Waals surface area (Å²) < 4.78 is 37.7. The zero-order valence-corrected chi connectivity index (χ0v) is 19.4. The highest BCUT2D eigenvalue weighted by molar-refractivity contribution is 9.10. The van der Waals surface area contributed by atoms with Gasteiger partial charge in [-0.3, -0.25) is 4.79 Å². The van der Waals surface area contributed by atoms with Crippen LogP contribution >= 0.6 is 15.9 Å². The molecule has 180 valence electrons. The normalized spacial score (nSPS) is 25.5. The van der Waals surface area contributed by atoms with E-state index in [9.17, 15) is 33.3 Å². The predicted molar refractivity (Wildman–Crippen MR) is 114 cm³/mol. The summed E-state index contributed by atoms with van der Waals surface area (Å²) in [6.45, 7) is 0.692. The van der Waals surface area contributed by atoms with Crippen LogP contribution in [0, 0.1) is 6.92 Å². The number of amides is 1. The van der Waals surface area contributed by atoms with Gasteiger partial charge >= 0.3 is 5.97 Å². The van der Waals surface area contributed by atoms with Crippen LogP contribution in [0.15, 0.2) is 44.3 Å². The average Bonchev–Trinajstić information content (AvgIpc) is 3.15. The van der Waals surface area contributed by atoms with Gasteiger partial charge in [-0.2, -0.15) is 0 Å². The maximum atomic E-state index is 12.4. The van der Waals surface area contributed by atoms with Crippen LogP contribution in [0.2, 0.25) is 0 Å². The molecule has 2 aromatic rings. The third-order valence-corrected chi connectivity index (χ3v) is 6.74. The fourth-order valence-electron chi connectivity index (χ4n) is 3.20. The van der Waals surface area contributed by atoms with Gasteiger partial charge in [-0.15, -0.1) is 0 Å². The maximum Gasteiger partial charge on any atom is 0.339 e. The summed E-state index contributed by atoms with van der Waals surface area (Å²) in [6.07, 6.45) is -6.53. The Balaban J connectivity index is 1.65. The molecule has 33 heavy (non-hydrogen) atoms. The monoisotopic (exact) mass is 548 g/mol. The number of sulfonamides is 1. The molecule has 1 fully saturated rings. The van der Waals surface area contributed by atoms with Gasteiger partial charge in [-0.05, 0) is 25.1 Å². The Morgan fingerprint density at radius 2 is 1.85 bits per heavy atom. The molecule has 0 spiro atoms. The number of carboxylic acids is 1. The molecule has 0 bridgehead atoms. The highest BCUT2D eigenvalue weighted by Crippen LogP contribution is 2.23. The summed E-state index contributed by atoms with van der Waals surface area (Å²) in [7, 11) is -4.33. The molecule has 1 saturated heterocycles. The highest BCUT2D eigenvalue weighted by Gasteiger charge is 2.45. The van der Waals surface area contributed by atoms with Crippen LogP contribution in [0.4, 0.5) is 0 Å². The van der Waals surface area contributed by atoms with E-state index in [0.717, 1.165) is 6.07 Å². The van der Waals surface area contributed by atoms with Gasteiger partial charge in [0.25, 0.3) is 15.9 Å². The SMILES string of the molecule is Cc1oc(S(=O)(=O)NC[C@H]2O[C@H](O)[C@H](NC(=O)c3cccc(Br)c3)[C@@H](O)[C@@H]2O)cc1C(=O)O. The van der Waals surface area contributed by atoms with Gasteiger partial charge < -0.3 is 34.9 Å². The van der Waals surface area contributed by atoms with E-state index in [2.05, 4.69) is 26.0 Å². The topological polar surface area (TPSA) is 196 Å². The summed E-state index contributed by atoms with van der Waals surface area (Å²) in [5.74, 6) is -2.13. The van der Waals surface area contributed by atoms with E-state index in [-0.39, 0.29) is 16.9 Å². The number of carbonyl (C=O) groups is 2. The number of aryl methyl sites for hydroxylation is 1. The lowest BCUT2D eigenvalue weighted by Crippen LogP contribution is -2.65. The van der Waals surface area contributed by atoms with Crippen molar-refractivity contribution < 1.29 is 47.6 Å². The van der Waals surface area contributed by atoms with E-state index in [1.165, 1.54) is 19.1 Å². The third kappa shape index (κ3) is 5.60. The lowest BCUT2D eigenvalue weighted by Gasteiger charge is -2.40. The Morgan fingerprint density at radius 3 is 2.45 bits per heavy atom. The number of nitrogens with one attached hydrogen (secondary N) is 2. The number of furan rings is 1. The molecule has 3 rings (SSSR count). The number of halogens is 1. The molecule has 1 aliphatic heterocycles. The molecular weight excluding hydrogens is 528 g/mol. The first kappa shape index (κ1) is 25.3. The number of hydrogen-bond donors (Lipinski definition) is 6. The Labute approximate surface area is 196 Å². The van der Waals surface area contributed by atoms with E-state index < -0.39 is 64.2 Å². The van der Waals surface area contributed by atoms with Crippen molar-refractivity contribution in [2.75, 3.05) is 6.54 Å². The van der Waals surface area contributed by atoms with Crippen molar-refractivity contribution in [3.8, 4) is 0 Å². The summed E-state index contributed by atoms with van der Waals surface area (Å²) in [6, 6.07) is 5.76. The van der Waals surface area contributed by atoms with E-state index in [4.69, 9.17) is 14.3 Å². The average molecular weight is 549 g/mol. The Kier molecular flexibility index (Phi) is 7.58. The molecule has 0 radical (unpaired) electrons. The molecule has 1 aromatic heterocycles. The minimum atomic E-state index is -4.33. The lowest BCUT2D eigenvalue weighted by atomic mass is 9.96. The Hall–Kier alpha value is -2.33. The smallest absolute Gasteiger partial charge is 0.339 e. The molecule has 0 saturated carbocycles. The summed E-state index contributed by atoms with van der Waals surface area (Å²) in [5, 5.41) is 41.8. The maximum absolute atomic E-state index is 12.4. The van der Waals surface area contributed by atoms with Crippen LogP contribution in [-0.4, -0.2) is 77.9 Å². The number of hydrogen-bond acceptors (Lipinski definition) is 9. The molecule has 0 aliphatic carbocycles. The number of aromatic carboxylic acids is 1. The van der Waals surface area contributed by atoms with E-state index in [1.54, 1.807) is 12.1 Å². The van der Waals surface area contributed by atoms with Crippen LogP contribution in [0.1, 0.15) is 26.5 Å². The molecule has 6 N–H and O–H groups in total. The minimum absolute atomic E-state index is 0.119. The van der Waals surface area contributed by atoms with Crippen LogP contribution in [0.25, 0.3) is 0 Å². The predicted octanol–water partition coefficient (Wildman–Crippen LogP) is -0.435. The number of carboxylic acid groups (broad SMARTS) is 1. The molecule has 0 unspecified atom stereocenters. The van der Waals surface area contributed by atoms with Gasteiger partial charge in [0.05, 0.1) is 0 Å². The van der Waals surface area contributed by atoms with Crippen LogP contribution in [0.3, 0.4) is 0 Å². The minimum Gasteiger partial charge on any atom is -0.478 e. The van der Waals surface area contributed by atoms with Gasteiger partial charge in [0.2, 0.25) is 5.09 Å². The van der Waals surface area contributed by atoms with E-state index >= 15 is 0 Å². The zero-order chi connectivity index (χ0) is 24.5. The molecule has 5 atom stereocenters. The number of ether oxygens (including phenoxy) is 1. The Bertz CT molecular complexity index is 1150. The standard InChI is InChI=1S/C19H21BrN2O10S/c1-8-11(18(26)27)6-13(31-8)33(29,30)21-7-12-15(23)16(24)14(19(28)32-12)22-17(25)9-3-2-4-10(20)5-9/h2-6,12,14-16,19,21,23-24,28H,7H2,1H3,(H,22,25)(H,26,27)/t12-,14-,15-,16-,19+/m1/s1. The molecule has 1 aliphatic rings. The molecule has 1 aromatic carbocycles. The molecule has 1 amide bonds. The molecular formula is C19H21BrN2O10S. The number of aliphatic hydroxyl groups is 3.